The summed E-state index contributed by atoms with van der Waals surface area (Å²) in [7, 11) is 0. The molecule has 0 radical (unpaired) electrons. The van der Waals surface area contributed by atoms with E-state index in [9.17, 15) is 0 Å². The van der Waals surface area contributed by atoms with Crippen molar-refractivity contribution in [3.63, 3.8) is 0 Å². The van der Waals surface area contributed by atoms with E-state index in [-0.39, 0.29) is 0 Å². The van der Waals surface area contributed by atoms with Crippen LogP contribution in [0.1, 0.15) is 0 Å². The van der Waals surface area contributed by atoms with E-state index >= 15 is 0 Å². The van der Waals surface area contributed by atoms with Gasteiger partial charge in [-0.1, -0.05) is 176 Å². The van der Waals surface area contributed by atoms with Gasteiger partial charge in [-0.15, -0.1) is 0 Å². The van der Waals surface area contributed by atoms with Crippen molar-refractivity contribution in [2.75, 3.05) is 0 Å². The Morgan fingerprint density at radius 3 is 1.44 bits per heavy atom. The van der Waals surface area contributed by atoms with Crippen LogP contribution in [-0.2, 0) is 0 Å². The molecule has 0 fully saturated rings. The fourth-order valence-corrected chi connectivity index (χ4v) is 9.48. The van der Waals surface area contributed by atoms with Crippen LogP contribution < -0.4 is 0 Å². The Morgan fingerprint density at radius 1 is 0.258 bits per heavy atom. The summed E-state index contributed by atoms with van der Waals surface area (Å²) in [5.74, 6) is 1.76. The van der Waals surface area contributed by atoms with Gasteiger partial charge in [0.15, 0.2) is 17.5 Å². The molecule has 0 atom stereocenters. The molecule has 0 amide bonds. The van der Waals surface area contributed by atoms with Gasteiger partial charge in [-0.2, -0.15) is 0 Å². The lowest BCUT2D eigenvalue weighted by molar-refractivity contribution is 0.668. The summed E-state index contributed by atoms with van der Waals surface area (Å²) in [6.07, 6.45) is 0. The minimum atomic E-state index is 0.566. The van der Waals surface area contributed by atoms with E-state index in [0.29, 0.717) is 17.5 Å². The maximum atomic E-state index is 6.60. The summed E-state index contributed by atoms with van der Waals surface area (Å²) in [5.41, 5.74) is 10.2. The van der Waals surface area contributed by atoms with Gasteiger partial charge in [0, 0.05) is 43.8 Å². The van der Waals surface area contributed by atoms with Crippen LogP contribution in [0, 0.1) is 0 Å². The maximum Gasteiger partial charge on any atom is 0.164 e. The third-order valence-corrected chi connectivity index (χ3v) is 12.3. The van der Waals surface area contributed by atoms with Crippen LogP contribution in [0.3, 0.4) is 0 Å². The van der Waals surface area contributed by atoms with Gasteiger partial charge < -0.3 is 8.83 Å². The topological polar surface area (TPSA) is 65.0 Å². The van der Waals surface area contributed by atoms with E-state index < -0.39 is 0 Å². The highest BCUT2D eigenvalue weighted by Gasteiger charge is 2.22. The summed E-state index contributed by atoms with van der Waals surface area (Å²) in [5, 5.41) is 11.6. The first kappa shape index (κ1) is 34.5. The number of nitrogens with zero attached hydrogens (tertiary/aromatic N) is 3. The Labute approximate surface area is 355 Å². The van der Waals surface area contributed by atoms with E-state index in [0.717, 1.165) is 82.8 Å². The lowest BCUT2D eigenvalue weighted by Crippen LogP contribution is -2.00. The first-order valence-corrected chi connectivity index (χ1v) is 20.8. The molecule has 0 saturated carbocycles. The van der Waals surface area contributed by atoms with Crippen molar-refractivity contribution in [3.8, 4) is 56.4 Å². The molecule has 10 aromatic carbocycles. The van der Waals surface area contributed by atoms with Crippen molar-refractivity contribution >= 4 is 76.2 Å². The van der Waals surface area contributed by atoms with Crippen LogP contribution in [0.4, 0.5) is 0 Å². The minimum absolute atomic E-state index is 0.566. The molecule has 3 heterocycles. The number of furan rings is 2. The van der Waals surface area contributed by atoms with Crippen LogP contribution in [-0.4, -0.2) is 15.0 Å². The van der Waals surface area contributed by atoms with Crippen LogP contribution >= 0.6 is 0 Å². The second-order valence-electron chi connectivity index (χ2n) is 15.8. The van der Waals surface area contributed by atoms with E-state index in [1.807, 2.05) is 66.7 Å². The zero-order chi connectivity index (χ0) is 40.7. The van der Waals surface area contributed by atoms with Crippen molar-refractivity contribution in [1.82, 2.24) is 15.0 Å². The number of fused-ring (bicyclic) bond motifs is 12. The van der Waals surface area contributed by atoms with Gasteiger partial charge in [0.05, 0.1) is 0 Å². The molecular formula is C57H33N3O2. The number of rotatable bonds is 5. The second kappa shape index (κ2) is 13.6. The summed E-state index contributed by atoms with van der Waals surface area (Å²) >= 11 is 0. The highest BCUT2D eigenvalue weighted by Crippen LogP contribution is 2.44. The molecule has 5 nitrogen and oxygen atoms in total. The monoisotopic (exact) mass is 791 g/mol. The predicted octanol–water partition coefficient (Wildman–Crippen LogP) is 15.5. The minimum Gasteiger partial charge on any atom is -0.456 e. The number of benzene rings is 10. The normalized spacial score (nSPS) is 11.9. The Morgan fingerprint density at radius 2 is 0.726 bits per heavy atom. The molecule has 0 bridgehead atoms. The third kappa shape index (κ3) is 5.32. The average Bonchev–Trinajstić information content (AvgIpc) is 3.93. The molecule has 13 rings (SSSR count). The molecule has 3 aromatic heterocycles. The molecule has 0 N–H and O–H groups in total. The van der Waals surface area contributed by atoms with Crippen molar-refractivity contribution in [2.45, 2.75) is 0 Å². The summed E-state index contributed by atoms with van der Waals surface area (Å²) in [6.45, 7) is 0. The number of para-hydroxylation sites is 2. The average molecular weight is 792 g/mol. The third-order valence-electron chi connectivity index (χ3n) is 12.3. The summed E-state index contributed by atoms with van der Waals surface area (Å²) in [6, 6.07) is 69.8. The smallest absolute Gasteiger partial charge is 0.164 e. The molecule has 0 spiro atoms. The largest absolute Gasteiger partial charge is 0.456 e. The number of aromatic nitrogens is 3. The van der Waals surface area contributed by atoms with E-state index in [4.69, 9.17) is 23.8 Å². The molecule has 0 unspecified atom stereocenters. The SMILES string of the molecule is c1ccc(-c2nc(-c3ccc(-c4ccc5c6ccccc6c6ccccc6c5c4)cc3)nc(-c3cccc4oc5cccc(-c6cccc7c6oc6ccccc67)c5c34)n2)cc1. The van der Waals surface area contributed by atoms with Gasteiger partial charge in [-0.25, -0.2) is 15.0 Å². The second-order valence-corrected chi connectivity index (χ2v) is 15.8. The van der Waals surface area contributed by atoms with Crippen molar-refractivity contribution in [2.24, 2.45) is 0 Å². The fourth-order valence-electron chi connectivity index (χ4n) is 9.48. The van der Waals surface area contributed by atoms with Crippen molar-refractivity contribution in [1.29, 1.82) is 0 Å². The van der Waals surface area contributed by atoms with Gasteiger partial charge in [-0.3, -0.25) is 0 Å². The molecule has 0 aliphatic carbocycles. The highest BCUT2D eigenvalue weighted by molar-refractivity contribution is 6.26. The quantitative estimate of drug-likeness (QED) is 0.162. The fraction of sp³-hybridized carbons (Fsp3) is 0. The Balaban J connectivity index is 0.970. The van der Waals surface area contributed by atoms with Gasteiger partial charge in [0.1, 0.15) is 22.3 Å². The number of hydrogen-bond acceptors (Lipinski definition) is 5. The lowest BCUT2D eigenvalue weighted by atomic mass is 9.92. The van der Waals surface area contributed by atoms with E-state index in [1.165, 1.54) is 32.3 Å². The van der Waals surface area contributed by atoms with Crippen molar-refractivity contribution in [3.05, 3.63) is 200 Å². The molecule has 0 saturated heterocycles. The summed E-state index contributed by atoms with van der Waals surface area (Å²) < 4.78 is 13.1. The van der Waals surface area contributed by atoms with Gasteiger partial charge >= 0.3 is 0 Å². The van der Waals surface area contributed by atoms with E-state index in [1.54, 1.807) is 0 Å². The van der Waals surface area contributed by atoms with Crippen LogP contribution in [0.5, 0.6) is 0 Å². The Hall–Kier alpha value is -8.41. The summed E-state index contributed by atoms with van der Waals surface area (Å²) in [4.78, 5) is 15.5. The Bertz CT molecular complexity index is 3890. The predicted molar refractivity (Wildman–Crippen MR) is 254 cm³/mol. The van der Waals surface area contributed by atoms with Gasteiger partial charge in [-0.05, 0) is 73.3 Å². The first-order chi connectivity index (χ1) is 30.7. The van der Waals surface area contributed by atoms with Crippen LogP contribution in [0.25, 0.3) is 133 Å². The molecule has 5 heteroatoms. The standard InChI is InChI=1S/C57H33N3O2/c1-2-13-35(14-3-1)55-58-56(36-29-27-34(28-30-36)37-31-32-42-40-17-5-4-15-38(40)39-16-6-7-18-41(39)48(42)33-37)60-57(59-55)47-23-12-26-51-53(47)52-44(20-11-25-50(52)61-51)46-22-10-21-45-43-19-8-9-24-49(43)62-54(45)46/h1-33H. The van der Waals surface area contributed by atoms with Crippen LogP contribution in [0.2, 0.25) is 0 Å². The zero-order valence-corrected chi connectivity index (χ0v) is 33.2. The van der Waals surface area contributed by atoms with Crippen LogP contribution in [0.15, 0.2) is 209 Å². The highest BCUT2D eigenvalue weighted by atomic mass is 16.3. The molecule has 288 valence electrons. The van der Waals surface area contributed by atoms with E-state index in [2.05, 4.69) is 133 Å². The molecule has 62 heavy (non-hydrogen) atoms. The zero-order valence-electron chi connectivity index (χ0n) is 33.2. The molecule has 13 aromatic rings. The Kier molecular flexibility index (Phi) is 7.54. The number of hydrogen-bond donors (Lipinski definition) is 0. The van der Waals surface area contributed by atoms with Crippen molar-refractivity contribution < 1.29 is 8.83 Å². The van der Waals surface area contributed by atoms with Gasteiger partial charge in [0.25, 0.3) is 0 Å². The first-order valence-electron chi connectivity index (χ1n) is 20.8. The lowest BCUT2D eigenvalue weighted by Gasteiger charge is -2.12. The maximum absolute atomic E-state index is 6.60. The molecule has 0 aliphatic heterocycles. The molecule has 0 aliphatic rings. The molecular weight excluding hydrogens is 759 g/mol. The van der Waals surface area contributed by atoms with Gasteiger partial charge in [0.2, 0.25) is 0 Å².